The van der Waals surface area contributed by atoms with E-state index in [4.69, 9.17) is 4.74 Å². The molecule has 0 aromatic heterocycles. The second-order valence-corrected chi connectivity index (χ2v) is 6.38. The summed E-state index contributed by atoms with van der Waals surface area (Å²) in [6, 6.07) is 8.58. The molecule has 0 saturated heterocycles. The number of benzene rings is 2. The first kappa shape index (κ1) is 15.2. The Morgan fingerprint density at radius 3 is 2.35 bits per heavy atom. The molecule has 0 bridgehead atoms. The van der Waals surface area contributed by atoms with Crippen molar-refractivity contribution >= 4 is 44.2 Å². The quantitative estimate of drug-likeness (QED) is 0.361. The van der Waals surface area contributed by atoms with Crippen LogP contribution >= 0.6 is 38.5 Å². The largest absolute Gasteiger partial charge is 0.450 e. The van der Waals surface area contributed by atoms with Crippen LogP contribution < -0.4 is 4.74 Å². The zero-order valence-electron chi connectivity index (χ0n) is 10.8. The smallest absolute Gasteiger partial charge is 0.312 e. The van der Waals surface area contributed by atoms with Crippen molar-refractivity contribution in [3.8, 4) is 11.5 Å². The Labute approximate surface area is 138 Å². The minimum atomic E-state index is -0.434. The lowest BCUT2D eigenvalue weighted by atomic mass is 10.1. The van der Waals surface area contributed by atoms with Crippen molar-refractivity contribution in [3.63, 3.8) is 0 Å². The van der Waals surface area contributed by atoms with Crippen molar-refractivity contribution in [1.82, 2.24) is 0 Å². The number of nitrogens with zero attached hydrogens (tertiary/aromatic N) is 1. The summed E-state index contributed by atoms with van der Waals surface area (Å²) >= 11 is 5.52. The van der Waals surface area contributed by atoms with Crippen LogP contribution in [0, 0.1) is 27.5 Å². The van der Waals surface area contributed by atoms with Crippen LogP contribution in [-0.4, -0.2) is 4.92 Å². The van der Waals surface area contributed by atoms with Crippen LogP contribution in [0.3, 0.4) is 0 Å². The third-order valence-electron chi connectivity index (χ3n) is 2.76. The minimum Gasteiger partial charge on any atom is -0.450 e. The van der Waals surface area contributed by atoms with Gasteiger partial charge in [-0.05, 0) is 71.8 Å². The summed E-state index contributed by atoms with van der Waals surface area (Å²) in [5, 5.41) is 11.1. The zero-order valence-corrected chi connectivity index (χ0v) is 14.6. The normalized spacial score (nSPS) is 10.4. The van der Waals surface area contributed by atoms with E-state index in [1.807, 2.05) is 48.6 Å². The van der Waals surface area contributed by atoms with E-state index in [0.29, 0.717) is 5.75 Å². The average Bonchev–Trinajstić information content (AvgIpc) is 2.37. The SMILES string of the molecule is Cc1cc(Oc2ccc(I)cc2[N+](=O)[O-])cc(C)c1Br. The summed E-state index contributed by atoms with van der Waals surface area (Å²) in [6.45, 7) is 3.90. The van der Waals surface area contributed by atoms with Gasteiger partial charge in [0, 0.05) is 14.1 Å². The van der Waals surface area contributed by atoms with E-state index in [2.05, 4.69) is 15.9 Å². The molecule has 0 aliphatic rings. The first-order chi connectivity index (χ1) is 9.38. The van der Waals surface area contributed by atoms with Crippen molar-refractivity contribution < 1.29 is 9.66 Å². The number of aryl methyl sites for hydroxylation is 2. The van der Waals surface area contributed by atoms with Crippen LogP contribution in [0.1, 0.15) is 11.1 Å². The molecule has 0 aliphatic heterocycles. The number of rotatable bonds is 3. The first-order valence-electron chi connectivity index (χ1n) is 5.77. The molecule has 0 atom stereocenters. The van der Waals surface area contributed by atoms with Gasteiger partial charge < -0.3 is 4.74 Å². The molecule has 2 aromatic rings. The van der Waals surface area contributed by atoms with E-state index in [9.17, 15) is 10.1 Å². The van der Waals surface area contributed by atoms with Crippen LogP contribution in [0.15, 0.2) is 34.8 Å². The molecule has 6 heteroatoms. The summed E-state index contributed by atoms with van der Waals surface area (Å²) in [5.74, 6) is 0.837. The third-order valence-corrected chi connectivity index (χ3v) is 4.68. The predicted octanol–water partition coefficient (Wildman–Crippen LogP) is 5.37. The molecule has 0 heterocycles. The Balaban J connectivity index is 2.42. The van der Waals surface area contributed by atoms with Crippen LogP contribution in [0.5, 0.6) is 11.5 Å². The van der Waals surface area contributed by atoms with Crippen LogP contribution in [-0.2, 0) is 0 Å². The maximum atomic E-state index is 11.1. The van der Waals surface area contributed by atoms with Gasteiger partial charge >= 0.3 is 5.69 Å². The van der Waals surface area contributed by atoms with E-state index in [-0.39, 0.29) is 11.4 Å². The second kappa shape index (κ2) is 6.09. The van der Waals surface area contributed by atoms with Crippen molar-refractivity contribution in [3.05, 3.63) is 59.6 Å². The van der Waals surface area contributed by atoms with Gasteiger partial charge in [-0.25, -0.2) is 0 Å². The molecule has 0 saturated carbocycles. The number of nitro benzene ring substituents is 1. The van der Waals surface area contributed by atoms with Gasteiger partial charge in [-0.1, -0.05) is 15.9 Å². The molecule has 0 amide bonds. The molecule has 0 spiro atoms. The van der Waals surface area contributed by atoms with Crippen LogP contribution in [0.25, 0.3) is 0 Å². The van der Waals surface area contributed by atoms with E-state index >= 15 is 0 Å². The Bertz CT molecular complexity index is 665. The molecule has 20 heavy (non-hydrogen) atoms. The molecule has 0 N–H and O–H groups in total. The fraction of sp³-hybridized carbons (Fsp3) is 0.143. The average molecular weight is 448 g/mol. The summed E-state index contributed by atoms with van der Waals surface area (Å²) in [5.41, 5.74) is 2.01. The van der Waals surface area contributed by atoms with E-state index in [0.717, 1.165) is 19.2 Å². The summed E-state index contributed by atoms with van der Waals surface area (Å²) in [7, 11) is 0. The Morgan fingerprint density at radius 2 is 1.80 bits per heavy atom. The lowest BCUT2D eigenvalue weighted by Crippen LogP contribution is -1.95. The maximum Gasteiger partial charge on any atom is 0.312 e. The Hall–Kier alpha value is -1.15. The molecule has 0 aliphatic carbocycles. The molecular weight excluding hydrogens is 437 g/mol. The van der Waals surface area contributed by atoms with Crippen LogP contribution in [0.2, 0.25) is 0 Å². The fourth-order valence-corrected chi connectivity index (χ4v) is 2.52. The van der Waals surface area contributed by atoms with Gasteiger partial charge in [0.2, 0.25) is 5.75 Å². The molecule has 0 unspecified atom stereocenters. The van der Waals surface area contributed by atoms with Gasteiger partial charge in [-0.3, -0.25) is 10.1 Å². The van der Waals surface area contributed by atoms with E-state index < -0.39 is 4.92 Å². The van der Waals surface area contributed by atoms with Gasteiger partial charge in [0.1, 0.15) is 5.75 Å². The van der Waals surface area contributed by atoms with Crippen LogP contribution in [0.4, 0.5) is 5.69 Å². The summed E-state index contributed by atoms with van der Waals surface area (Å²) in [4.78, 5) is 10.6. The number of nitro groups is 1. The number of hydrogen-bond acceptors (Lipinski definition) is 3. The molecule has 2 aromatic carbocycles. The molecular formula is C14H11BrINO3. The zero-order chi connectivity index (χ0) is 14.9. The maximum absolute atomic E-state index is 11.1. The molecule has 4 nitrogen and oxygen atoms in total. The molecule has 0 fully saturated rings. The lowest BCUT2D eigenvalue weighted by molar-refractivity contribution is -0.385. The minimum absolute atomic E-state index is 0.0323. The van der Waals surface area contributed by atoms with Gasteiger partial charge in [0.25, 0.3) is 0 Å². The third kappa shape index (κ3) is 3.29. The van der Waals surface area contributed by atoms with E-state index in [1.165, 1.54) is 6.07 Å². The van der Waals surface area contributed by atoms with Crippen molar-refractivity contribution in [2.24, 2.45) is 0 Å². The van der Waals surface area contributed by atoms with Crippen molar-refractivity contribution in [1.29, 1.82) is 0 Å². The van der Waals surface area contributed by atoms with Crippen molar-refractivity contribution in [2.45, 2.75) is 13.8 Å². The lowest BCUT2D eigenvalue weighted by Gasteiger charge is -2.10. The Morgan fingerprint density at radius 1 is 1.20 bits per heavy atom. The predicted molar refractivity (Wildman–Crippen MR) is 89.5 cm³/mol. The van der Waals surface area contributed by atoms with E-state index in [1.54, 1.807) is 12.1 Å². The number of ether oxygens (including phenoxy) is 1. The first-order valence-corrected chi connectivity index (χ1v) is 7.64. The Kier molecular flexibility index (Phi) is 4.64. The number of halogens is 2. The number of hydrogen-bond donors (Lipinski definition) is 0. The van der Waals surface area contributed by atoms with Gasteiger partial charge in [0.15, 0.2) is 0 Å². The molecule has 104 valence electrons. The molecule has 0 radical (unpaired) electrons. The second-order valence-electron chi connectivity index (χ2n) is 4.34. The highest BCUT2D eigenvalue weighted by atomic mass is 127. The van der Waals surface area contributed by atoms with Gasteiger partial charge in [-0.2, -0.15) is 0 Å². The molecule has 2 rings (SSSR count). The van der Waals surface area contributed by atoms with Crippen molar-refractivity contribution in [2.75, 3.05) is 0 Å². The standard InChI is InChI=1S/C14H11BrINO3/c1-8-5-11(6-9(2)14(8)15)20-13-4-3-10(16)7-12(13)17(18)19/h3-7H,1-2H3. The summed E-state index contributed by atoms with van der Waals surface area (Å²) in [6.07, 6.45) is 0. The van der Waals surface area contributed by atoms with Gasteiger partial charge in [-0.15, -0.1) is 0 Å². The highest BCUT2D eigenvalue weighted by molar-refractivity contribution is 14.1. The van der Waals surface area contributed by atoms with Gasteiger partial charge in [0.05, 0.1) is 4.92 Å². The highest BCUT2D eigenvalue weighted by Crippen LogP contribution is 2.34. The monoisotopic (exact) mass is 447 g/mol. The highest BCUT2D eigenvalue weighted by Gasteiger charge is 2.16. The summed E-state index contributed by atoms with van der Waals surface area (Å²) < 4.78 is 7.49. The fourth-order valence-electron chi connectivity index (χ4n) is 1.81. The topological polar surface area (TPSA) is 52.4 Å².